The number of rotatable bonds is 2. The Morgan fingerprint density at radius 2 is 2.25 bits per heavy atom. The average Bonchev–Trinajstić information content (AvgIpc) is 1.94. The van der Waals surface area contributed by atoms with Crippen molar-refractivity contribution >= 4 is 12.4 Å². The highest BCUT2D eigenvalue weighted by molar-refractivity contribution is 5.85. The molecule has 2 nitrogen and oxygen atoms in total. The van der Waals surface area contributed by atoms with Gasteiger partial charge in [-0.15, -0.1) is 12.4 Å². The lowest BCUT2D eigenvalue weighted by molar-refractivity contribution is -0.0274. The largest absolute Gasteiger partial charge is 0.375 e. The SMILES string of the molecule is CC1(C)COC(CCF)CN1.Cl. The molecule has 0 radical (unpaired) electrons. The molecule has 0 spiro atoms. The fraction of sp³-hybridized carbons (Fsp3) is 1.00. The Morgan fingerprint density at radius 3 is 2.67 bits per heavy atom. The number of halogens is 2. The summed E-state index contributed by atoms with van der Waals surface area (Å²) in [4.78, 5) is 0. The zero-order valence-corrected chi connectivity index (χ0v) is 8.42. The first-order valence-corrected chi connectivity index (χ1v) is 4.07. The summed E-state index contributed by atoms with van der Waals surface area (Å²) in [6.45, 7) is 5.33. The van der Waals surface area contributed by atoms with E-state index in [1.54, 1.807) is 0 Å². The van der Waals surface area contributed by atoms with Crippen LogP contribution in [-0.2, 0) is 4.74 Å². The first-order chi connectivity index (χ1) is 5.14. The van der Waals surface area contributed by atoms with Gasteiger partial charge in [-0.05, 0) is 13.8 Å². The number of morpholine rings is 1. The van der Waals surface area contributed by atoms with E-state index in [0.29, 0.717) is 13.0 Å². The second kappa shape index (κ2) is 5.00. The molecule has 1 unspecified atom stereocenters. The Kier molecular flexibility index (Phi) is 5.06. The first-order valence-electron chi connectivity index (χ1n) is 4.07. The van der Waals surface area contributed by atoms with Crippen molar-refractivity contribution in [3.8, 4) is 0 Å². The van der Waals surface area contributed by atoms with Crippen LogP contribution in [0.2, 0.25) is 0 Å². The molecule has 1 aliphatic heterocycles. The molecule has 0 bridgehead atoms. The van der Waals surface area contributed by atoms with Gasteiger partial charge in [0.2, 0.25) is 0 Å². The Bertz CT molecular complexity index is 122. The van der Waals surface area contributed by atoms with Crippen LogP contribution in [0.1, 0.15) is 20.3 Å². The monoisotopic (exact) mass is 197 g/mol. The first kappa shape index (κ1) is 12.1. The quantitative estimate of drug-likeness (QED) is 0.725. The minimum atomic E-state index is -0.285. The highest BCUT2D eigenvalue weighted by Gasteiger charge is 2.26. The Hall–Kier alpha value is 0.140. The Morgan fingerprint density at radius 1 is 1.58 bits per heavy atom. The van der Waals surface area contributed by atoms with Gasteiger partial charge < -0.3 is 10.1 Å². The molecule has 12 heavy (non-hydrogen) atoms. The normalized spacial score (nSPS) is 27.8. The van der Waals surface area contributed by atoms with Gasteiger partial charge >= 0.3 is 0 Å². The van der Waals surface area contributed by atoms with Gasteiger partial charge in [-0.25, -0.2) is 0 Å². The van der Waals surface area contributed by atoms with Gasteiger partial charge in [-0.2, -0.15) is 0 Å². The molecule has 1 rings (SSSR count). The van der Waals surface area contributed by atoms with Gasteiger partial charge in [0, 0.05) is 18.5 Å². The molecule has 1 fully saturated rings. The van der Waals surface area contributed by atoms with Gasteiger partial charge in [0.1, 0.15) is 0 Å². The molecule has 0 saturated carbocycles. The smallest absolute Gasteiger partial charge is 0.0919 e. The van der Waals surface area contributed by atoms with E-state index in [4.69, 9.17) is 4.74 Å². The standard InChI is InChI=1S/C8H16FNO.ClH/c1-8(2)6-11-7(3-4-9)5-10-8;/h7,10H,3-6H2,1-2H3;1H. The highest BCUT2D eigenvalue weighted by Crippen LogP contribution is 2.12. The average molecular weight is 198 g/mol. The van der Waals surface area contributed by atoms with E-state index in [-0.39, 0.29) is 30.7 Å². The van der Waals surface area contributed by atoms with E-state index in [1.165, 1.54) is 0 Å². The van der Waals surface area contributed by atoms with Crippen molar-refractivity contribution in [1.82, 2.24) is 5.32 Å². The highest BCUT2D eigenvalue weighted by atomic mass is 35.5. The summed E-state index contributed by atoms with van der Waals surface area (Å²) in [5.74, 6) is 0. The summed E-state index contributed by atoms with van der Waals surface area (Å²) < 4.78 is 17.3. The Balaban J connectivity index is 0.00000121. The van der Waals surface area contributed by atoms with Gasteiger partial charge in [0.15, 0.2) is 0 Å². The summed E-state index contributed by atoms with van der Waals surface area (Å²) in [6.07, 6.45) is 0.594. The number of ether oxygens (including phenoxy) is 1. The second-order valence-corrected chi connectivity index (χ2v) is 3.68. The predicted octanol–water partition coefficient (Wildman–Crippen LogP) is 1.53. The van der Waals surface area contributed by atoms with Crippen LogP contribution >= 0.6 is 12.4 Å². The number of hydrogen-bond donors (Lipinski definition) is 1. The predicted molar refractivity (Wildman–Crippen MR) is 49.7 cm³/mol. The van der Waals surface area contributed by atoms with Crippen molar-refractivity contribution in [3.63, 3.8) is 0 Å². The molecule has 1 N–H and O–H groups in total. The van der Waals surface area contributed by atoms with Crippen LogP contribution < -0.4 is 5.32 Å². The van der Waals surface area contributed by atoms with Crippen molar-refractivity contribution in [2.75, 3.05) is 19.8 Å². The molecule has 4 heteroatoms. The molecule has 0 aromatic heterocycles. The Labute approximate surface area is 79.3 Å². The van der Waals surface area contributed by atoms with Crippen LogP contribution in [0.25, 0.3) is 0 Å². The maximum atomic E-state index is 11.9. The summed E-state index contributed by atoms with van der Waals surface area (Å²) >= 11 is 0. The van der Waals surface area contributed by atoms with Crippen LogP contribution in [0, 0.1) is 0 Å². The molecule has 0 aliphatic carbocycles. The van der Waals surface area contributed by atoms with Crippen molar-refractivity contribution in [3.05, 3.63) is 0 Å². The summed E-state index contributed by atoms with van der Waals surface area (Å²) in [5.41, 5.74) is 0.0623. The van der Waals surface area contributed by atoms with Crippen LogP contribution in [0.4, 0.5) is 4.39 Å². The van der Waals surface area contributed by atoms with E-state index >= 15 is 0 Å². The molecule has 1 aliphatic rings. The maximum absolute atomic E-state index is 11.9. The second-order valence-electron chi connectivity index (χ2n) is 3.68. The van der Waals surface area contributed by atoms with Crippen LogP contribution in [-0.4, -0.2) is 31.5 Å². The third-order valence-electron chi connectivity index (χ3n) is 1.92. The fourth-order valence-electron chi connectivity index (χ4n) is 1.13. The van der Waals surface area contributed by atoms with Gasteiger partial charge in [-0.3, -0.25) is 4.39 Å². The van der Waals surface area contributed by atoms with Crippen molar-refractivity contribution in [2.24, 2.45) is 0 Å². The zero-order chi connectivity index (χ0) is 8.32. The molecular weight excluding hydrogens is 181 g/mol. The maximum Gasteiger partial charge on any atom is 0.0919 e. The van der Waals surface area contributed by atoms with Crippen molar-refractivity contribution in [2.45, 2.75) is 31.9 Å². The number of alkyl halides is 1. The summed E-state index contributed by atoms with van der Waals surface area (Å²) in [5, 5.41) is 3.30. The molecule has 1 saturated heterocycles. The lowest BCUT2D eigenvalue weighted by Crippen LogP contribution is -2.53. The third-order valence-corrected chi connectivity index (χ3v) is 1.92. The molecular formula is C8H17ClFNO. The number of hydrogen-bond acceptors (Lipinski definition) is 2. The molecule has 0 amide bonds. The third kappa shape index (κ3) is 3.70. The van der Waals surface area contributed by atoms with Crippen LogP contribution in [0.15, 0.2) is 0 Å². The van der Waals surface area contributed by atoms with Crippen LogP contribution in [0.5, 0.6) is 0 Å². The van der Waals surface area contributed by atoms with E-state index in [9.17, 15) is 4.39 Å². The minimum absolute atomic E-state index is 0. The lowest BCUT2D eigenvalue weighted by atomic mass is 10.0. The minimum Gasteiger partial charge on any atom is -0.375 e. The zero-order valence-electron chi connectivity index (χ0n) is 7.60. The van der Waals surface area contributed by atoms with Crippen molar-refractivity contribution < 1.29 is 9.13 Å². The van der Waals surface area contributed by atoms with E-state index in [2.05, 4.69) is 19.2 Å². The van der Waals surface area contributed by atoms with E-state index in [0.717, 1.165) is 6.54 Å². The molecule has 0 aromatic rings. The van der Waals surface area contributed by atoms with Crippen molar-refractivity contribution in [1.29, 1.82) is 0 Å². The van der Waals surface area contributed by atoms with E-state index in [1.807, 2.05) is 0 Å². The molecule has 1 heterocycles. The topological polar surface area (TPSA) is 21.3 Å². The summed E-state index contributed by atoms with van der Waals surface area (Å²) in [7, 11) is 0. The molecule has 74 valence electrons. The molecule has 0 aromatic carbocycles. The van der Waals surface area contributed by atoms with Crippen LogP contribution in [0.3, 0.4) is 0 Å². The lowest BCUT2D eigenvalue weighted by Gasteiger charge is -2.35. The van der Waals surface area contributed by atoms with Gasteiger partial charge in [-0.1, -0.05) is 0 Å². The van der Waals surface area contributed by atoms with E-state index < -0.39 is 0 Å². The van der Waals surface area contributed by atoms with Gasteiger partial charge in [0.25, 0.3) is 0 Å². The van der Waals surface area contributed by atoms with Gasteiger partial charge in [0.05, 0.1) is 19.4 Å². The molecule has 1 atom stereocenters. The number of nitrogens with one attached hydrogen (secondary N) is 1. The fourth-order valence-corrected chi connectivity index (χ4v) is 1.13. The summed E-state index contributed by atoms with van der Waals surface area (Å²) in [6, 6.07) is 0.